The monoisotopic (exact) mass is 392 g/mol. The Labute approximate surface area is 169 Å². The first-order valence-corrected chi connectivity index (χ1v) is 9.68. The van der Waals surface area contributed by atoms with Crippen molar-refractivity contribution < 1.29 is 4.79 Å². The Balaban J connectivity index is 1.66. The van der Waals surface area contributed by atoms with Crippen LogP contribution in [-0.2, 0) is 6.42 Å². The Bertz CT molecular complexity index is 1050. The van der Waals surface area contributed by atoms with Crippen LogP contribution in [0.3, 0.4) is 0 Å². The molecule has 2 aromatic carbocycles. The van der Waals surface area contributed by atoms with E-state index in [0.717, 1.165) is 35.5 Å². The smallest absolute Gasteiger partial charge is 0.277 e. The number of nitrogens with zero attached hydrogens (tertiary/aromatic N) is 3. The molecule has 0 atom stereocenters. The maximum absolute atomic E-state index is 13.2. The van der Waals surface area contributed by atoms with Crippen molar-refractivity contribution in [1.82, 2.24) is 9.97 Å². The quantitative estimate of drug-likeness (QED) is 0.675. The SMILES string of the molecule is Cc1cc(C(=O)N2CCCc3ccccc32)nc(Nc2cc(Cl)ccc2C)n1. The Kier molecular flexibility index (Phi) is 5.01. The standard InChI is InChI=1S/C22H21ClN4O/c1-14-9-10-17(23)13-18(14)25-22-24-15(2)12-19(26-22)21(28)27-11-5-7-16-6-3-4-8-20(16)27/h3-4,6,8-10,12-13H,5,7,11H2,1-2H3,(H,24,25,26). The summed E-state index contributed by atoms with van der Waals surface area (Å²) in [5, 5.41) is 3.82. The summed E-state index contributed by atoms with van der Waals surface area (Å²) in [4.78, 5) is 24.0. The summed E-state index contributed by atoms with van der Waals surface area (Å²) in [5.41, 5.74) is 5.11. The van der Waals surface area contributed by atoms with Crippen molar-refractivity contribution >= 4 is 34.8 Å². The van der Waals surface area contributed by atoms with Gasteiger partial charge in [-0.1, -0.05) is 35.9 Å². The number of para-hydroxylation sites is 1. The summed E-state index contributed by atoms with van der Waals surface area (Å²) in [6.45, 7) is 4.53. The van der Waals surface area contributed by atoms with E-state index in [2.05, 4.69) is 21.4 Å². The number of nitrogens with one attached hydrogen (secondary N) is 1. The fourth-order valence-electron chi connectivity index (χ4n) is 3.47. The summed E-state index contributed by atoms with van der Waals surface area (Å²) < 4.78 is 0. The largest absolute Gasteiger partial charge is 0.324 e. The van der Waals surface area contributed by atoms with Crippen LogP contribution in [0.1, 0.15) is 33.7 Å². The van der Waals surface area contributed by atoms with Gasteiger partial charge in [0.2, 0.25) is 5.95 Å². The number of carbonyl (C=O) groups is 1. The molecular formula is C22H21ClN4O. The molecule has 142 valence electrons. The normalized spacial score (nSPS) is 13.2. The van der Waals surface area contributed by atoms with Gasteiger partial charge in [-0.2, -0.15) is 0 Å². The van der Waals surface area contributed by atoms with Crippen molar-refractivity contribution in [2.45, 2.75) is 26.7 Å². The van der Waals surface area contributed by atoms with E-state index in [4.69, 9.17) is 11.6 Å². The number of aromatic nitrogens is 2. The maximum atomic E-state index is 13.2. The van der Waals surface area contributed by atoms with E-state index in [9.17, 15) is 4.79 Å². The van der Waals surface area contributed by atoms with Gasteiger partial charge in [0.15, 0.2) is 0 Å². The molecule has 0 fully saturated rings. The number of anilines is 3. The zero-order chi connectivity index (χ0) is 19.7. The third kappa shape index (κ3) is 3.71. The molecule has 1 aromatic heterocycles. The number of hydrogen-bond acceptors (Lipinski definition) is 4. The molecule has 0 saturated carbocycles. The third-order valence-corrected chi connectivity index (χ3v) is 5.11. The number of rotatable bonds is 3. The molecule has 6 heteroatoms. The predicted molar refractivity (Wildman–Crippen MR) is 113 cm³/mol. The fourth-order valence-corrected chi connectivity index (χ4v) is 3.64. The highest BCUT2D eigenvalue weighted by Crippen LogP contribution is 2.28. The molecule has 1 aliphatic heterocycles. The number of carbonyl (C=O) groups excluding carboxylic acids is 1. The first kappa shape index (κ1) is 18.4. The third-order valence-electron chi connectivity index (χ3n) is 4.87. The molecule has 0 spiro atoms. The molecular weight excluding hydrogens is 372 g/mol. The second-order valence-corrected chi connectivity index (χ2v) is 7.43. The van der Waals surface area contributed by atoms with Crippen LogP contribution >= 0.6 is 11.6 Å². The number of hydrogen-bond donors (Lipinski definition) is 1. The van der Waals surface area contributed by atoms with Gasteiger partial charge < -0.3 is 10.2 Å². The van der Waals surface area contributed by atoms with Gasteiger partial charge >= 0.3 is 0 Å². The van der Waals surface area contributed by atoms with Crippen LogP contribution in [0, 0.1) is 13.8 Å². The minimum Gasteiger partial charge on any atom is -0.324 e. The van der Waals surface area contributed by atoms with Crippen LogP contribution in [0.5, 0.6) is 0 Å². The van der Waals surface area contributed by atoms with E-state index in [1.807, 2.05) is 55.1 Å². The summed E-state index contributed by atoms with van der Waals surface area (Å²) in [6.07, 6.45) is 1.93. The van der Waals surface area contributed by atoms with Crippen molar-refractivity contribution in [3.63, 3.8) is 0 Å². The molecule has 0 aliphatic carbocycles. The van der Waals surface area contributed by atoms with Gasteiger partial charge in [0, 0.05) is 28.6 Å². The first-order chi connectivity index (χ1) is 13.5. The minimum atomic E-state index is -0.108. The minimum absolute atomic E-state index is 0.108. The highest BCUT2D eigenvalue weighted by Gasteiger charge is 2.25. The number of amides is 1. The molecule has 0 radical (unpaired) electrons. The van der Waals surface area contributed by atoms with Gasteiger partial charge in [-0.05, 0) is 62.1 Å². The summed E-state index contributed by atoms with van der Waals surface area (Å²) >= 11 is 6.10. The highest BCUT2D eigenvalue weighted by atomic mass is 35.5. The lowest BCUT2D eigenvalue weighted by atomic mass is 10.0. The summed E-state index contributed by atoms with van der Waals surface area (Å²) in [6, 6.07) is 15.4. The van der Waals surface area contributed by atoms with Crippen LogP contribution in [0.15, 0.2) is 48.5 Å². The van der Waals surface area contributed by atoms with Gasteiger partial charge in [0.25, 0.3) is 5.91 Å². The maximum Gasteiger partial charge on any atom is 0.277 e. The van der Waals surface area contributed by atoms with Crippen LogP contribution in [-0.4, -0.2) is 22.4 Å². The molecule has 2 heterocycles. The Morgan fingerprint density at radius 3 is 2.79 bits per heavy atom. The molecule has 0 unspecified atom stereocenters. The molecule has 5 nitrogen and oxygen atoms in total. The van der Waals surface area contributed by atoms with Crippen molar-refractivity contribution in [2.24, 2.45) is 0 Å². The van der Waals surface area contributed by atoms with E-state index in [-0.39, 0.29) is 5.91 Å². The lowest BCUT2D eigenvalue weighted by Gasteiger charge is -2.29. The lowest BCUT2D eigenvalue weighted by Crippen LogP contribution is -2.36. The van der Waals surface area contributed by atoms with E-state index >= 15 is 0 Å². The fraction of sp³-hybridized carbons (Fsp3) is 0.227. The zero-order valence-corrected chi connectivity index (χ0v) is 16.6. The highest BCUT2D eigenvalue weighted by molar-refractivity contribution is 6.30. The molecule has 1 aliphatic rings. The van der Waals surface area contributed by atoms with E-state index in [1.165, 1.54) is 5.56 Å². The van der Waals surface area contributed by atoms with Crippen molar-refractivity contribution in [1.29, 1.82) is 0 Å². The molecule has 28 heavy (non-hydrogen) atoms. The number of aryl methyl sites for hydroxylation is 3. The van der Waals surface area contributed by atoms with E-state index in [0.29, 0.717) is 23.2 Å². The topological polar surface area (TPSA) is 58.1 Å². The molecule has 4 rings (SSSR count). The van der Waals surface area contributed by atoms with Crippen LogP contribution in [0.4, 0.5) is 17.3 Å². The summed E-state index contributed by atoms with van der Waals surface area (Å²) in [7, 11) is 0. The molecule has 1 amide bonds. The molecule has 1 N–H and O–H groups in total. The van der Waals surface area contributed by atoms with E-state index in [1.54, 1.807) is 6.07 Å². The second kappa shape index (κ2) is 7.60. The molecule has 0 bridgehead atoms. The van der Waals surface area contributed by atoms with Crippen molar-refractivity contribution in [3.05, 3.63) is 76.1 Å². The lowest BCUT2D eigenvalue weighted by molar-refractivity contribution is 0.0980. The summed E-state index contributed by atoms with van der Waals surface area (Å²) in [5.74, 6) is 0.280. The number of halogens is 1. The second-order valence-electron chi connectivity index (χ2n) is 6.99. The zero-order valence-electron chi connectivity index (χ0n) is 15.9. The average Bonchev–Trinajstić information content (AvgIpc) is 2.69. The molecule has 0 saturated heterocycles. The predicted octanol–water partition coefficient (Wildman–Crippen LogP) is 5.08. The van der Waals surface area contributed by atoms with E-state index < -0.39 is 0 Å². The van der Waals surface area contributed by atoms with Gasteiger partial charge in [-0.3, -0.25) is 4.79 Å². The average molecular weight is 393 g/mol. The number of benzene rings is 2. The number of fused-ring (bicyclic) bond motifs is 1. The van der Waals surface area contributed by atoms with Crippen LogP contribution in [0.25, 0.3) is 0 Å². The van der Waals surface area contributed by atoms with Crippen molar-refractivity contribution in [2.75, 3.05) is 16.8 Å². The molecule has 3 aromatic rings. The van der Waals surface area contributed by atoms with Gasteiger partial charge in [-0.15, -0.1) is 0 Å². The van der Waals surface area contributed by atoms with Gasteiger partial charge in [0.05, 0.1) is 0 Å². The Morgan fingerprint density at radius 1 is 1.11 bits per heavy atom. The van der Waals surface area contributed by atoms with Gasteiger partial charge in [0.1, 0.15) is 5.69 Å². The van der Waals surface area contributed by atoms with Crippen LogP contribution in [0.2, 0.25) is 5.02 Å². The Hall–Kier alpha value is -2.92. The Morgan fingerprint density at radius 2 is 1.93 bits per heavy atom. The first-order valence-electron chi connectivity index (χ1n) is 9.30. The van der Waals surface area contributed by atoms with Crippen LogP contribution < -0.4 is 10.2 Å². The van der Waals surface area contributed by atoms with Crippen molar-refractivity contribution in [3.8, 4) is 0 Å². The van der Waals surface area contributed by atoms with Gasteiger partial charge in [-0.25, -0.2) is 9.97 Å².